The van der Waals surface area contributed by atoms with Gasteiger partial charge < -0.3 is 10.2 Å². The Kier molecular flexibility index (Phi) is 5.54. The highest BCUT2D eigenvalue weighted by Gasteiger charge is 2.47. The van der Waals surface area contributed by atoms with E-state index >= 15 is 0 Å². The second kappa shape index (κ2) is 8.79. The fraction of sp³-hybridized carbons (Fsp3) is 0.296. The Morgan fingerprint density at radius 3 is 2.57 bits per heavy atom. The van der Waals surface area contributed by atoms with Crippen molar-refractivity contribution in [3.63, 3.8) is 0 Å². The molecule has 1 N–H and O–H groups in total. The van der Waals surface area contributed by atoms with Crippen molar-refractivity contribution in [2.45, 2.75) is 44.6 Å². The van der Waals surface area contributed by atoms with Crippen molar-refractivity contribution >= 4 is 11.7 Å². The van der Waals surface area contributed by atoms with Gasteiger partial charge >= 0.3 is 6.18 Å². The van der Waals surface area contributed by atoms with Crippen molar-refractivity contribution in [2.75, 3.05) is 11.9 Å². The summed E-state index contributed by atoms with van der Waals surface area (Å²) in [4.78, 5) is 15.2. The van der Waals surface area contributed by atoms with E-state index in [1.807, 2.05) is 43.5 Å². The minimum atomic E-state index is -4.50. The van der Waals surface area contributed by atoms with Crippen LogP contribution in [0.2, 0.25) is 0 Å². The number of fused-ring (bicyclic) bond motifs is 2. The molecule has 2 unspecified atom stereocenters. The first-order valence-electron chi connectivity index (χ1n) is 12.2. The largest absolute Gasteiger partial charge is 0.410 e. The third kappa shape index (κ3) is 4.26. The van der Waals surface area contributed by atoms with E-state index < -0.39 is 18.3 Å². The molecule has 6 rings (SSSR count). The number of anilines is 1. The lowest BCUT2D eigenvalue weighted by molar-refractivity contribution is -0.173. The number of carbonyl (C=O) groups is 1. The van der Waals surface area contributed by atoms with Crippen LogP contribution in [0.5, 0.6) is 0 Å². The molecule has 0 saturated heterocycles. The van der Waals surface area contributed by atoms with E-state index in [1.165, 1.54) is 6.20 Å². The van der Waals surface area contributed by atoms with Gasteiger partial charge in [-0.1, -0.05) is 48.0 Å². The molecule has 0 bridgehead atoms. The Hall–Kier alpha value is -4.08. The summed E-state index contributed by atoms with van der Waals surface area (Å²) in [5.74, 6) is -0.245. The molecule has 0 saturated carbocycles. The lowest BCUT2D eigenvalue weighted by atomic mass is 9.96. The number of carbonyl (C=O) groups excluding carboxylic acids is 1. The molecule has 2 aromatic heterocycles. The zero-order valence-corrected chi connectivity index (χ0v) is 20.1. The maximum absolute atomic E-state index is 14.0. The highest BCUT2D eigenvalue weighted by molar-refractivity contribution is 5.99. The molecular formula is C27H25F3N6O. The Balaban J connectivity index is 1.28. The summed E-state index contributed by atoms with van der Waals surface area (Å²) in [5.41, 5.74) is 4.79. The number of hydrogen-bond acceptors (Lipinski definition) is 4. The van der Waals surface area contributed by atoms with Gasteiger partial charge in [-0.2, -0.15) is 23.4 Å². The third-order valence-electron chi connectivity index (χ3n) is 7.11. The molecule has 10 heteroatoms. The number of hydrogen-bond donors (Lipinski definition) is 1. The van der Waals surface area contributed by atoms with Crippen molar-refractivity contribution in [2.24, 2.45) is 0 Å². The third-order valence-corrected chi connectivity index (χ3v) is 7.11. The number of nitrogens with zero attached hydrogens (tertiary/aromatic N) is 5. The number of alkyl halides is 3. The van der Waals surface area contributed by atoms with Gasteiger partial charge in [-0.25, -0.2) is 9.36 Å². The fourth-order valence-corrected chi connectivity index (χ4v) is 5.11. The van der Waals surface area contributed by atoms with Gasteiger partial charge in [-0.05, 0) is 24.6 Å². The molecule has 0 fully saturated rings. The number of rotatable bonds is 3. The van der Waals surface area contributed by atoms with Crippen LogP contribution in [0.1, 0.15) is 51.2 Å². The summed E-state index contributed by atoms with van der Waals surface area (Å²) in [7, 11) is 0. The molecule has 0 radical (unpaired) electrons. The molecule has 7 nitrogen and oxygen atoms in total. The summed E-state index contributed by atoms with van der Waals surface area (Å²) in [6.45, 7) is 2.77. The molecule has 0 aliphatic carbocycles. The Labute approximate surface area is 211 Å². The van der Waals surface area contributed by atoms with Crippen molar-refractivity contribution in [1.82, 2.24) is 24.5 Å². The Bertz CT molecular complexity index is 1440. The predicted octanol–water partition coefficient (Wildman–Crippen LogP) is 5.24. The van der Waals surface area contributed by atoms with Crippen molar-refractivity contribution < 1.29 is 18.0 Å². The molecule has 4 aromatic rings. The number of amides is 1. The van der Waals surface area contributed by atoms with Crippen molar-refractivity contribution in [3.8, 4) is 5.69 Å². The van der Waals surface area contributed by atoms with Crippen LogP contribution >= 0.6 is 0 Å². The quantitative estimate of drug-likeness (QED) is 0.413. The fourth-order valence-electron chi connectivity index (χ4n) is 5.11. The molecular weight excluding hydrogens is 481 g/mol. The van der Waals surface area contributed by atoms with Gasteiger partial charge in [0.25, 0.3) is 5.91 Å². The first-order chi connectivity index (χ1) is 17.8. The summed E-state index contributed by atoms with van der Waals surface area (Å²) < 4.78 is 44.8. The maximum atomic E-state index is 14.0. The van der Waals surface area contributed by atoms with Crippen molar-refractivity contribution in [3.05, 3.63) is 94.9 Å². The van der Waals surface area contributed by atoms with Gasteiger partial charge in [0, 0.05) is 37.7 Å². The standard InChI is InChI=1S/C27H25F3N6O/c1-17-7-9-20(10-8-17)35-16-19-15-34(12-11-22(19)33-35)26(37)21-14-31-36-24(27(28,29)30)13-23(32-25(21)36)18-5-3-2-4-6-18/h2-10,14,16,23-24,32H,11-13,15H2,1H3. The minimum absolute atomic E-state index is 0.105. The van der Waals surface area contributed by atoms with Crippen LogP contribution in [0.15, 0.2) is 67.0 Å². The average molecular weight is 507 g/mol. The van der Waals surface area contributed by atoms with E-state index in [0.717, 1.165) is 32.8 Å². The molecule has 4 heterocycles. The van der Waals surface area contributed by atoms with Gasteiger partial charge in [0.15, 0.2) is 6.04 Å². The molecule has 2 aromatic carbocycles. The number of benzene rings is 2. The van der Waals surface area contributed by atoms with Crippen molar-refractivity contribution in [1.29, 1.82) is 0 Å². The number of halogens is 3. The van der Waals surface area contributed by atoms with Crippen LogP contribution in [-0.4, -0.2) is 43.1 Å². The van der Waals surface area contributed by atoms with E-state index in [4.69, 9.17) is 0 Å². The molecule has 0 spiro atoms. The van der Waals surface area contributed by atoms with E-state index in [9.17, 15) is 18.0 Å². The van der Waals surface area contributed by atoms with Crippen LogP contribution in [0.3, 0.4) is 0 Å². The number of aromatic nitrogens is 4. The zero-order valence-electron chi connectivity index (χ0n) is 20.1. The van der Waals surface area contributed by atoms with E-state index in [2.05, 4.69) is 15.5 Å². The summed E-state index contributed by atoms with van der Waals surface area (Å²) in [6.07, 6.45) is -0.977. The summed E-state index contributed by atoms with van der Waals surface area (Å²) in [6, 6.07) is 14.6. The predicted molar refractivity (Wildman–Crippen MR) is 131 cm³/mol. The molecule has 37 heavy (non-hydrogen) atoms. The minimum Gasteiger partial charge on any atom is -0.363 e. The van der Waals surface area contributed by atoms with Crippen LogP contribution in [0, 0.1) is 6.92 Å². The first-order valence-corrected chi connectivity index (χ1v) is 12.2. The normalized spacial score (nSPS) is 19.2. The van der Waals surface area contributed by atoms with Gasteiger partial charge in [0.2, 0.25) is 0 Å². The first kappa shape index (κ1) is 23.3. The van der Waals surface area contributed by atoms with Crippen LogP contribution in [0.4, 0.5) is 19.0 Å². The molecule has 2 aliphatic heterocycles. The molecule has 190 valence electrons. The lowest BCUT2D eigenvalue weighted by Crippen LogP contribution is -2.38. The smallest absolute Gasteiger partial charge is 0.363 e. The van der Waals surface area contributed by atoms with E-state index in [1.54, 1.807) is 33.8 Å². The number of nitrogens with one attached hydrogen (secondary N) is 1. The molecule has 2 atom stereocenters. The zero-order chi connectivity index (χ0) is 25.7. The summed E-state index contributed by atoms with van der Waals surface area (Å²) >= 11 is 0. The topological polar surface area (TPSA) is 68.0 Å². The van der Waals surface area contributed by atoms with Gasteiger partial charge in [-0.15, -0.1) is 0 Å². The lowest BCUT2D eigenvalue weighted by Gasteiger charge is -2.34. The monoisotopic (exact) mass is 506 g/mol. The Morgan fingerprint density at radius 1 is 1.08 bits per heavy atom. The van der Waals surface area contributed by atoms with E-state index in [0.29, 0.717) is 19.5 Å². The highest BCUT2D eigenvalue weighted by atomic mass is 19.4. The van der Waals surface area contributed by atoms with Gasteiger partial charge in [0.1, 0.15) is 11.4 Å². The maximum Gasteiger partial charge on any atom is 0.410 e. The van der Waals surface area contributed by atoms with Crippen LogP contribution in [-0.2, 0) is 13.0 Å². The highest BCUT2D eigenvalue weighted by Crippen LogP contribution is 2.44. The SMILES string of the molecule is Cc1ccc(-n2cc3c(n2)CCN(C(=O)c2cnn4c2NC(c2ccccc2)CC4C(F)(F)F)C3)cc1. The molecule has 2 aliphatic rings. The van der Waals surface area contributed by atoms with Gasteiger partial charge in [0.05, 0.1) is 23.6 Å². The second-order valence-electron chi connectivity index (χ2n) is 9.61. The second-order valence-corrected chi connectivity index (χ2v) is 9.61. The average Bonchev–Trinajstić information content (AvgIpc) is 3.52. The summed E-state index contributed by atoms with van der Waals surface area (Å²) in [5, 5.41) is 11.9. The molecule has 1 amide bonds. The Morgan fingerprint density at radius 2 is 1.84 bits per heavy atom. The van der Waals surface area contributed by atoms with Crippen LogP contribution in [0.25, 0.3) is 5.69 Å². The van der Waals surface area contributed by atoms with Gasteiger partial charge in [-0.3, -0.25) is 4.79 Å². The van der Waals surface area contributed by atoms with E-state index in [-0.39, 0.29) is 23.7 Å². The van der Waals surface area contributed by atoms with Crippen LogP contribution < -0.4 is 5.32 Å². The number of aryl methyl sites for hydroxylation is 1.